The maximum Gasteiger partial charge on any atom is 0.119 e. The maximum atomic E-state index is 6.17. The van der Waals surface area contributed by atoms with Crippen LogP contribution in [0, 0.1) is 5.92 Å². The van der Waals surface area contributed by atoms with Gasteiger partial charge in [-0.2, -0.15) is 0 Å². The fourth-order valence-corrected chi connectivity index (χ4v) is 5.83. The van der Waals surface area contributed by atoms with Crippen molar-refractivity contribution in [1.29, 1.82) is 0 Å². The van der Waals surface area contributed by atoms with Gasteiger partial charge in [-0.3, -0.25) is 4.90 Å². The second-order valence-electron chi connectivity index (χ2n) is 9.69. The Hall–Kier alpha value is -1.55. The summed E-state index contributed by atoms with van der Waals surface area (Å²) in [6.45, 7) is 7.93. The molecule has 0 N–H and O–H groups in total. The standard InChI is InChI=1S/C27H35ClN2O/c28-26-8-6-22-10-14-30(20-25(22)17-26)13-3-15-31-27-9-7-23-16-21(4-5-24(23)18-27)19-29-11-1-2-12-29/h6-9,17-18,21H,1-5,10-16,19-20H2. The number of hydrogen-bond donors (Lipinski definition) is 0. The Labute approximate surface area is 192 Å². The van der Waals surface area contributed by atoms with Gasteiger partial charge in [-0.05, 0) is 110 Å². The number of aryl methyl sites for hydroxylation is 1. The van der Waals surface area contributed by atoms with E-state index in [0.717, 1.165) is 55.8 Å². The van der Waals surface area contributed by atoms with Crippen molar-refractivity contribution < 1.29 is 4.74 Å². The van der Waals surface area contributed by atoms with Crippen molar-refractivity contribution in [2.45, 2.75) is 51.5 Å². The van der Waals surface area contributed by atoms with Gasteiger partial charge in [-0.25, -0.2) is 0 Å². The topological polar surface area (TPSA) is 15.7 Å². The van der Waals surface area contributed by atoms with Crippen LogP contribution in [0.15, 0.2) is 36.4 Å². The average Bonchev–Trinajstić information content (AvgIpc) is 3.29. The molecule has 0 spiro atoms. The van der Waals surface area contributed by atoms with Gasteiger partial charge in [0, 0.05) is 31.2 Å². The summed E-state index contributed by atoms with van der Waals surface area (Å²) in [7, 11) is 0. The summed E-state index contributed by atoms with van der Waals surface area (Å²) in [6, 6.07) is 13.1. The van der Waals surface area contributed by atoms with Gasteiger partial charge in [0.05, 0.1) is 6.61 Å². The Kier molecular flexibility index (Phi) is 6.83. The lowest BCUT2D eigenvalue weighted by Gasteiger charge is -2.29. The molecule has 0 saturated carbocycles. The van der Waals surface area contributed by atoms with E-state index in [1.807, 2.05) is 6.07 Å². The molecule has 1 unspecified atom stereocenters. The van der Waals surface area contributed by atoms with Crippen LogP contribution in [-0.4, -0.2) is 49.1 Å². The second kappa shape index (κ2) is 9.94. The molecule has 4 heteroatoms. The lowest BCUT2D eigenvalue weighted by Crippen LogP contribution is -2.32. The van der Waals surface area contributed by atoms with E-state index in [2.05, 4.69) is 40.1 Å². The number of rotatable bonds is 7. The molecule has 166 valence electrons. The zero-order valence-corrected chi connectivity index (χ0v) is 19.4. The summed E-state index contributed by atoms with van der Waals surface area (Å²) in [5, 5.41) is 0.846. The van der Waals surface area contributed by atoms with Crippen LogP contribution in [-0.2, 0) is 25.8 Å². The summed E-state index contributed by atoms with van der Waals surface area (Å²) in [4.78, 5) is 5.19. The lowest BCUT2D eigenvalue weighted by atomic mass is 9.83. The first-order valence-corrected chi connectivity index (χ1v) is 12.6. The van der Waals surface area contributed by atoms with Gasteiger partial charge in [0.15, 0.2) is 0 Å². The Morgan fingerprint density at radius 2 is 1.74 bits per heavy atom. The predicted molar refractivity (Wildman–Crippen MR) is 128 cm³/mol. The highest BCUT2D eigenvalue weighted by molar-refractivity contribution is 6.30. The Bertz CT molecular complexity index is 893. The molecular weight excluding hydrogens is 404 g/mol. The van der Waals surface area contributed by atoms with Crippen molar-refractivity contribution >= 4 is 11.6 Å². The van der Waals surface area contributed by atoms with Gasteiger partial charge in [0.1, 0.15) is 5.75 Å². The van der Waals surface area contributed by atoms with Crippen LogP contribution in [0.5, 0.6) is 5.75 Å². The van der Waals surface area contributed by atoms with Crippen LogP contribution in [0.2, 0.25) is 5.02 Å². The van der Waals surface area contributed by atoms with Crippen LogP contribution < -0.4 is 4.74 Å². The summed E-state index contributed by atoms with van der Waals surface area (Å²) in [5.74, 6) is 1.88. The van der Waals surface area contributed by atoms with Crippen molar-refractivity contribution in [2.75, 3.05) is 39.3 Å². The minimum absolute atomic E-state index is 0.787. The van der Waals surface area contributed by atoms with Crippen LogP contribution >= 0.6 is 11.6 Å². The minimum Gasteiger partial charge on any atom is -0.494 e. The molecule has 2 aromatic carbocycles. The van der Waals surface area contributed by atoms with Gasteiger partial charge in [0.25, 0.3) is 0 Å². The molecule has 0 bridgehead atoms. The maximum absolute atomic E-state index is 6.17. The molecule has 1 fully saturated rings. The molecule has 3 nitrogen and oxygen atoms in total. The summed E-state index contributed by atoms with van der Waals surface area (Å²) < 4.78 is 6.13. The first kappa shape index (κ1) is 21.3. The van der Waals surface area contributed by atoms with Crippen molar-refractivity contribution in [2.24, 2.45) is 5.92 Å². The number of nitrogens with zero attached hydrogens (tertiary/aromatic N) is 2. The second-order valence-corrected chi connectivity index (χ2v) is 10.1. The van der Waals surface area contributed by atoms with E-state index < -0.39 is 0 Å². The van der Waals surface area contributed by atoms with Crippen molar-refractivity contribution in [1.82, 2.24) is 9.80 Å². The number of fused-ring (bicyclic) bond motifs is 2. The fourth-order valence-electron chi connectivity index (χ4n) is 5.64. The number of halogens is 1. The monoisotopic (exact) mass is 438 g/mol. The fraction of sp³-hybridized carbons (Fsp3) is 0.556. The van der Waals surface area contributed by atoms with Crippen molar-refractivity contribution in [3.63, 3.8) is 0 Å². The normalized spacial score (nSPS) is 21.6. The van der Waals surface area contributed by atoms with Crippen molar-refractivity contribution in [3.05, 3.63) is 63.7 Å². The van der Waals surface area contributed by atoms with Gasteiger partial charge >= 0.3 is 0 Å². The van der Waals surface area contributed by atoms with E-state index in [9.17, 15) is 0 Å². The summed E-state index contributed by atoms with van der Waals surface area (Å²) in [5.41, 5.74) is 5.90. The third-order valence-electron chi connectivity index (χ3n) is 7.37. The third-order valence-corrected chi connectivity index (χ3v) is 7.61. The molecule has 1 atom stereocenters. The first-order valence-electron chi connectivity index (χ1n) is 12.2. The third kappa shape index (κ3) is 5.45. The average molecular weight is 439 g/mol. The SMILES string of the molecule is Clc1ccc2c(c1)CN(CCCOc1ccc3c(c1)CCC(CN1CCCC1)C3)CC2. The van der Waals surface area contributed by atoms with E-state index in [-0.39, 0.29) is 0 Å². The molecular formula is C27H35ClN2O. The van der Waals surface area contributed by atoms with E-state index in [0.29, 0.717) is 0 Å². The molecule has 1 saturated heterocycles. The minimum atomic E-state index is 0.787. The van der Waals surface area contributed by atoms with Gasteiger partial charge < -0.3 is 9.64 Å². The zero-order chi connectivity index (χ0) is 21.0. The van der Waals surface area contributed by atoms with Crippen molar-refractivity contribution in [3.8, 4) is 5.75 Å². The summed E-state index contributed by atoms with van der Waals surface area (Å²) in [6.07, 6.45) is 8.75. The quantitative estimate of drug-likeness (QED) is 0.540. The van der Waals surface area contributed by atoms with Crippen LogP contribution in [0.25, 0.3) is 0 Å². The summed E-state index contributed by atoms with van der Waals surface area (Å²) >= 11 is 6.17. The molecule has 3 aliphatic rings. The van der Waals surface area contributed by atoms with Crippen LogP contribution in [0.4, 0.5) is 0 Å². The number of benzene rings is 2. The highest BCUT2D eigenvalue weighted by Gasteiger charge is 2.23. The Morgan fingerprint density at radius 3 is 2.65 bits per heavy atom. The smallest absolute Gasteiger partial charge is 0.119 e. The predicted octanol–water partition coefficient (Wildman–Crippen LogP) is 5.37. The van der Waals surface area contributed by atoms with Gasteiger partial charge in [-0.1, -0.05) is 23.7 Å². The van der Waals surface area contributed by atoms with E-state index in [1.54, 1.807) is 5.56 Å². The molecule has 1 aliphatic carbocycles. The van der Waals surface area contributed by atoms with Gasteiger partial charge in [-0.15, -0.1) is 0 Å². The molecule has 0 aromatic heterocycles. The molecule has 0 radical (unpaired) electrons. The molecule has 0 amide bonds. The van der Waals surface area contributed by atoms with E-state index in [4.69, 9.17) is 16.3 Å². The number of hydrogen-bond acceptors (Lipinski definition) is 3. The molecule has 5 rings (SSSR count). The number of ether oxygens (including phenoxy) is 1. The molecule has 2 heterocycles. The van der Waals surface area contributed by atoms with E-state index >= 15 is 0 Å². The Morgan fingerprint density at radius 1 is 0.871 bits per heavy atom. The highest BCUT2D eigenvalue weighted by atomic mass is 35.5. The highest BCUT2D eigenvalue weighted by Crippen LogP contribution is 2.30. The number of likely N-dealkylation sites (tertiary alicyclic amines) is 1. The van der Waals surface area contributed by atoms with Crippen LogP contribution in [0.1, 0.15) is 47.9 Å². The largest absolute Gasteiger partial charge is 0.494 e. The molecule has 2 aromatic rings. The molecule has 31 heavy (non-hydrogen) atoms. The van der Waals surface area contributed by atoms with Gasteiger partial charge in [0.2, 0.25) is 0 Å². The lowest BCUT2D eigenvalue weighted by molar-refractivity contribution is 0.220. The van der Waals surface area contributed by atoms with E-state index in [1.165, 1.54) is 68.4 Å². The first-order chi connectivity index (χ1) is 15.2. The molecule has 2 aliphatic heterocycles. The van der Waals surface area contributed by atoms with Crippen LogP contribution in [0.3, 0.4) is 0 Å². The zero-order valence-electron chi connectivity index (χ0n) is 18.6. The Balaban J connectivity index is 1.06.